The molecule has 6 rings (SSSR count). The van der Waals surface area contributed by atoms with Crippen molar-refractivity contribution < 1.29 is 89.0 Å². The highest BCUT2D eigenvalue weighted by Gasteiger charge is 2.51. The molecule has 11 N–H and O–H groups in total. The number of ether oxygens (including phenoxy) is 6. The summed E-state index contributed by atoms with van der Waals surface area (Å²) in [6, 6.07) is 7.24. The van der Waals surface area contributed by atoms with Crippen molar-refractivity contribution in [3.8, 4) is 34.3 Å². The first-order chi connectivity index (χ1) is 24.6. The Morgan fingerprint density at radius 2 is 1.27 bits per heavy atom. The molecular weight excluding hydrogens is 700 g/mol. The van der Waals surface area contributed by atoms with Crippen molar-refractivity contribution in [2.24, 2.45) is 0 Å². The van der Waals surface area contributed by atoms with E-state index in [1.807, 2.05) is 0 Å². The number of aliphatic hydroxyl groups is 8. The summed E-state index contributed by atoms with van der Waals surface area (Å²) >= 11 is 0. The van der Waals surface area contributed by atoms with Crippen molar-refractivity contribution in [2.45, 2.75) is 106 Å². The molecule has 1 aromatic heterocycles. The van der Waals surface area contributed by atoms with Crippen molar-refractivity contribution in [1.29, 1.82) is 0 Å². The molecule has 3 fully saturated rings. The van der Waals surface area contributed by atoms with Crippen LogP contribution in [0.4, 0.5) is 0 Å². The van der Waals surface area contributed by atoms with Gasteiger partial charge in [0, 0.05) is 17.7 Å². The molecule has 3 aromatic rings. The van der Waals surface area contributed by atoms with Crippen LogP contribution in [-0.2, 0) is 23.7 Å². The lowest BCUT2D eigenvalue weighted by Crippen LogP contribution is -2.63. The van der Waals surface area contributed by atoms with Gasteiger partial charge in [-0.15, -0.1) is 0 Å². The number of phenols is 3. The van der Waals surface area contributed by atoms with Gasteiger partial charge in [-0.3, -0.25) is 4.79 Å². The normalized spacial score (nSPS) is 38.3. The average Bonchev–Trinajstić information content (AvgIpc) is 3.10. The molecule has 19 nitrogen and oxygen atoms in total. The highest BCUT2D eigenvalue weighted by molar-refractivity contribution is 5.88. The van der Waals surface area contributed by atoms with Gasteiger partial charge in [-0.25, -0.2) is 0 Å². The zero-order valence-electron chi connectivity index (χ0n) is 27.5. The molecule has 0 radical (unpaired) electrons. The molecule has 0 saturated carbocycles. The molecular formula is C33H40O19. The molecule has 4 heterocycles. The van der Waals surface area contributed by atoms with Gasteiger partial charge in [-0.2, -0.15) is 0 Å². The van der Waals surface area contributed by atoms with E-state index in [2.05, 4.69) is 0 Å². The van der Waals surface area contributed by atoms with Crippen molar-refractivity contribution in [1.82, 2.24) is 0 Å². The zero-order valence-corrected chi connectivity index (χ0v) is 27.5. The van der Waals surface area contributed by atoms with Crippen LogP contribution >= 0.6 is 0 Å². The summed E-state index contributed by atoms with van der Waals surface area (Å²) in [6.45, 7) is 2.22. The van der Waals surface area contributed by atoms with E-state index in [-0.39, 0.29) is 22.7 Å². The van der Waals surface area contributed by atoms with E-state index in [1.165, 1.54) is 38.1 Å². The van der Waals surface area contributed by atoms with E-state index in [1.54, 1.807) is 0 Å². The number of hydrogen-bond acceptors (Lipinski definition) is 19. The number of phenolic OH excluding ortho intramolecular Hbond substituents is 3. The number of aliphatic hydroxyl groups excluding tert-OH is 8. The molecule has 0 spiro atoms. The quantitative estimate of drug-likeness (QED) is 0.113. The highest BCUT2D eigenvalue weighted by Crippen LogP contribution is 2.38. The minimum Gasteiger partial charge on any atom is -0.508 e. The third-order valence-electron chi connectivity index (χ3n) is 9.25. The van der Waals surface area contributed by atoms with Crippen molar-refractivity contribution >= 4 is 11.0 Å². The van der Waals surface area contributed by atoms with E-state index < -0.39 is 127 Å². The van der Waals surface area contributed by atoms with Crippen LogP contribution in [0, 0.1) is 0 Å². The van der Waals surface area contributed by atoms with E-state index in [9.17, 15) is 61.0 Å². The van der Waals surface area contributed by atoms with Crippen LogP contribution in [-0.4, -0.2) is 155 Å². The van der Waals surface area contributed by atoms with Crippen LogP contribution in [0.3, 0.4) is 0 Å². The van der Waals surface area contributed by atoms with E-state index >= 15 is 0 Å². The number of rotatable bonds is 8. The van der Waals surface area contributed by atoms with Crippen LogP contribution < -0.4 is 10.2 Å². The summed E-state index contributed by atoms with van der Waals surface area (Å²) in [5.41, 5.74) is -1.05. The molecule has 286 valence electrons. The molecule has 3 saturated heterocycles. The second-order valence-electron chi connectivity index (χ2n) is 12.9. The third-order valence-corrected chi connectivity index (χ3v) is 9.25. The van der Waals surface area contributed by atoms with Gasteiger partial charge >= 0.3 is 0 Å². The standard InChI is InChI=1S/C33H40O19/c1-10-19(37)22(40)25(43)32(47-10)51-28-11(2)48-31(27(45)24(28)42)46-9-17-20(38)23(41)26(44)33(50-17)52-30-21(39)18-15(36)7-14(35)8-16(18)49-29(30)12-3-5-13(34)6-4-12/h3-8,10-11,17,19-20,22-28,31-38,40-45H,9H2,1-2H3/t10-,11+,17+,19-,20+,22-,23+,24+,25+,26-,27+,28-,31+,32-,33-/m0/s1. The first-order valence-electron chi connectivity index (χ1n) is 16.2. The molecule has 19 heteroatoms. The second-order valence-corrected chi connectivity index (χ2v) is 12.9. The maximum atomic E-state index is 13.7. The van der Waals surface area contributed by atoms with Crippen molar-refractivity contribution in [3.05, 3.63) is 46.6 Å². The van der Waals surface area contributed by atoms with Gasteiger partial charge in [0.15, 0.2) is 18.3 Å². The maximum Gasteiger partial charge on any atom is 0.239 e. The molecule has 3 aliphatic rings. The van der Waals surface area contributed by atoms with Gasteiger partial charge in [-0.05, 0) is 38.1 Å². The predicted octanol–water partition coefficient (Wildman–Crippen LogP) is -2.54. The molecule has 3 aliphatic heterocycles. The fraction of sp³-hybridized carbons (Fsp3) is 0.545. The Morgan fingerprint density at radius 1 is 0.654 bits per heavy atom. The Kier molecular flexibility index (Phi) is 11.0. The molecule has 0 bridgehead atoms. The Labute approximate surface area is 293 Å². The Hall–Kier alpha value is -3.67. The monoisotopic (exact) mass is 740 g/mol. The minimum absolute atomic E-state index is 0.125. The summed E-state index contributed by atoms with van der Waals surface area (Å²) in [4.78, 5) is 13.7. The van der Waals surface area contributed by atoms with Crippen LogP contribution in [0.2, 0.25) is 0 Å². The molecule has 0 unspecified atom stereocenters. The number of fused-ring (bicyclic) bond motifs is 1. The molecule has 2 aromatic carbocycles. The van der Waals surface area contributed by atoms with Crippen molar-refractivity contribution in [2.75, 3.05) is 6.61 Å². The Morgan fingerprint density at radius 3 is 1.96 bits per heavy atom. The Bertz CT molecular complexity index is 1770. The zero-order chi connectivity index (χ0) is 37.8. The number of hydrogen-bond donors (Lipinski definition) is 11. The maximum absolute atomic E-state index is 13.7. The summed E-state index contributed by atoms with van der Waals surface area (Å²) in [5.74, 6) is -2.12. The third kappa shape index (κ3) is 7.16. The van der Waals surface area contributed by atoms with E-state index in [0.717, 1.165) is 12.1 Å². The largest absolute Gasteiger partial charge is 0.508 e. The summed E-state index contributed by atoms with van der Waals surface area (Å²) in [6.07, 6.45) is -23.8. The lowest BCUT2D eigenvalue weighted by molar-refractivity contribution is -0.357. The average molecular weight is 741 g/mol. The van der Waals surface area contributed by atoms with Crippen LogP contribution in [0.5, 0.6) is 23.0 Å². The lowest BCUT2D eigenvalue weighted by atomic mass is 9.97. The molecule has 52 heavy (non-hydrogen) atoms. The molecule has 0 amide bonds. The smallest absolute Gasteiger partial charge is 0.239 e. The van der Waals surface area contributed by atoms with Gasteiger partial charge < -0.3 is 89.0 Å². The van der Waals surface area contributed by atoms with E-state index in [0.29, 0.717) is 0 Å². The van der Waals surface area contributed by atoms with Gasteiger partial charge in [-0.1, -0.05) is 0 Å². The van der Waals surface area contributed by atoms with Crippen molar-refractivity contribution in [3.63, 3.8) is 0 Å². The minimum atomic E-state index is -1.97. The van der Waals surface area contributed by atoms with Gasteiger partial charge in [0.2, 0.25) is 17.5 Å². The highest BCUT2D eigenvalue weighted by atomic mass is 16.7. The Balaban J connectivity index is 1.19. The fourth-order valence-corrected chi connectivity index (χ4v) is 6.25. The van der Waals surface area contributed by atoms with E-state index in [4.69, 9.17) is 32.8 Å². The SMILES string of the molecule is C[C@@H]1O[C@@H](O[C@@H]2[C@H](O)[C@@H](O)[C@H](OC[C@H]3O[C@@H](Oc4c(-c5ccc(O)cc5)oc5cc(O)cc(O)c5c4=O)[C@@H](O)[C@H](O)[C@@H]3O)O[C@@H]2C)[C@H](O)[C@@H](O)[C@H]1O. The predicted molar refractivity (Wildman–Crippen MR) is 170 cm³/mol. The summed E-state index contributed by atoms with van der Waals surface area (Å²) in [7, 11) is 0. The topological polar surface area (TPSA) is 308 Å². The van der Waals surface area contributed by atoms with Crippen LogP contribution in [0.1, 0.15) is 13.8 Å². The van der Waals surface area contributed by atoms with Crippen LogP contribution in [0.15, 0.2) is 45.6 Å². The second kappa shape index (κ2) is 15.0. The van der Waals surface area contributed by atoms with Gasteiger partial charge in [0.25, 0.3) is 0 Å². The summed E-state index contributed by atoms with van der Waals surface area (Å²) < 4.78 is 39.6. The number of aromatic hydroxyl groups is 3. The number of benzene rings is 2. The molecule has 0 aliphatic carbocycles. The fourth-order valence-electron chi connectivity index (χ4n) is 6.25. The van der Waals surface area contributed by atoms with Gasteiger partial charge in [0.05, 0.1) is 18.8 Å². The first-order valence-corrected chi connectivity index (χ1v) is 16.2. The van der Waals surface area contributed by atoms with Gasteiger partial charge in [0.1, 0.15) is 89.3 Å². The summed E-state index contributed by atoms with van der Waals surface area (Å²) in [5, 5.41) is 114. The van der Waals surface area contributed by atoms with Crippen LogP contribution in [0.25, 0.3) is 22.3 Å². The molecule has 15 atom stereocenters. The first kappa shape index (κ1) is 38.1. The lowest BCUT2D eigenvalue weighted by Gasteiger charge is -2.46.